The predicted octanol–water partition coefficient (Wildman–Crippen LogP) is 15.3. The zero-order valence-corrected chi connectivity index (χ0v) is 34.9. The minimum Gasteiger partial charge on any atom is -0.456 e. The van der Waals surface area contributed by atoms with Gasteiger partial charge >= 0.3 is 0 Å². The van der Waals surface area contributed by atoms with Crippen LogP contribution in [0.2, 0.25) is 0 Å². The Bertz CT molecular complexity index is 4160. The second-order valence-electron chi connectivity index (χ2n) is 16.4. The van der Waals surface area contributed by atoms with Crippen LogP contribution in [0.1, 0.15) is 0 Å². The van der Waals surface area contributed by atoms with E-state index >= 15 is 0 Å². The lowest BCUT2D eigenvalue weighted by atomic mass is 9.99. The lowest BCUT2D eigenvalue weighted by molar-refractivity contribution is 0.669. The summed E-state index contributed by atoms with van der Waals surface area (Å²) in [6, 6.07) is 70.8. The van der Waals surface area contributed by atoms with Crippen LogP contribution in [0, 0.1) is 0 Å². The van der Waals surface area contributed by atoms with Crippen molar-refractivity contribution < 1.29 is 4.42 Å². The molecule has 0 aliphatic heterocycles. The van der Waals surface area contributed by atoms with Gasteiger partial charge in [0.05, 0.1) is 22.1 Å². The summed E-state index contributed by atoms with van der Waals surface area (Å²) in [4.78, 5) is 16.0. The van der Waals surface area contributed by atoms with Gasteiger partial charge in [0.25, 0.3) is 0 Å². The van der Waals surface area contributed by atoms with Gasteiger partial charge in [-0.25, -0.2) is 4.98 Å². The molecule has 9 aromatic carbocycles. The summed E-state index contributed by atoms with van der Waals surface area (Å²) >= 11 is 1.79. The van der Waals surface area contributed by atoms with Gasteiger partial charge in [0, 0.05) is 69.3 Å². The second kappa shape index (κ2) is 13.6. The third-order valence-corrected chi connectivity index (χ3v) is 13.9. The van der Waals surface area contributed by atoms with Crippen LogP contribution in [-0.4, -0.2) is 24.1 Å². The number of nitrogens with zero attached hydrogens (tertiary/aromatic N) is 5. The molecule has 5 aromatic heterocycles. The molecule has 0 aliphatic rings. The molecule has 0 N–H and O–H groups in total. The lowest BCUT2D eigenvalue weighted by Gasteiger charge is -2.11. The molecule has 0 radical (unpaired) electrons. The molecule has 0 atom stereocenters. The topological polar surface area (TPSA) is 61.7 Å². The third-order valence-electron chi connectivity index (χ3n) is 12.8. The average molecular weight is 836 g/mol. The summed E-state index contributed by atoms with van der Waals surface area (Å²) in [5.41, 5.74) is 11.1. The molecule has 7 heteroatoms. The van der Waals surface area contributed by atoms with Crippen LogP contribution < -0.4 is 0 Å². The van der Waals surface area contributed by atoms with E-state index in [1.807, 2.05) is 12.1 Å². The Morgan fingerprint density at radius 2 is 0.953 bits per heavy atom. The molecule has 14 aromatic rings. The van der Waals surface area contributed by atoms with Gasteiger partial charge in [-0.2, -0.15) is 9.97 Å². The zero-order chi connectivity index (χ0) is 41.9. The standard InChI is InChI=1S/C57H33N5OS/c1-2-13-37(14-3-1)61-46-20-8-4-17-40(46)41-28-25-35(32-49(41)61)34-27-30-50-45(31-34)54-44(19-12-23-51(54)63-50)56-58-55(36-26-29-43-42-18-7-11-24-52(42)64-53(43)33-36)59-57(60-56)62-47-21-9-5-15-38(47)39-16-6-10-22-48(39)62/h1-33H. The highest BCUT2D eigenvalue weighted by atomic mass is 32.1. The van der Waals surface area contributed by atoms with Crippen molar-refractivity contribution >= 4 is 97.1 Å². The van der Waals surface area contributed by atoms with Crippen molar-refractivity contribution in [2.24, 2.45) is 0 Å². The van der Waals surface area contributed by atoms with Gasteiger partial charge in [-0.05, 0) is 77.9 Å². The lowest BCUT2D eigenvalue weighted by Crippen LogP contribution is -2.06. The van der Waals surface area contributed by atoms with Gasteiger partial charge < -0.3 is 8.98 Å². The van der Waals surface area contributed by atoms with Gasteiger partial charge in [0.15, 0.2) is 11.6 Å². The zero-order valence-electron chi connectivity index (χ0n) is 34.1. The quantitative estimate of drug-likeness (QED) is 0.173. The summed E-state index contributed by atoms with van der Waals surface area (Å²) in [5.74, 6) is 1.74. The Kier molecular flexibility index (Phi) is 7.46. The highest BCUT2D eigenvalue weighted by Crippen LogP contribution is 2.42. The van der Waals surface area contributed by atoms with Crippen LogP contribution in [0.4, 0.5) is 0 Å². The molecule has 14 rings (SSSR count). The molecule has 0 saturated carbocycles. The molecule has 6 nitrogen and oxygen atoms in total. The van der Waals surface area contributed by atoms with Crippen molar-refractivity contribution in [2.75, 3.05) is 0 Å². The first kappa shape index (κ1) is 35.2. The second-order valence-corrected chi connectivity index (χ2v) is 17.5. The molecular formula is C57H33N5OS. The maximum Gasteiger partial charge on any atom is 0.238 e. The van der Waals surface area contributed by atoms with Crippen molar-refractivity contribution in [2.45, 2.75) is 0 Å². The molecular weight excluding hydrogens is 803 g/mol. The maximum absolute atomic E-state index is 6.62. The molecule has 0 bridgehead atoms. The Labute approximate surface area is 369 Å². The predicted molar refractivity (Wildman–Crippen MR) is 265 cm³/mol. The van der Waals surface area contributed by atoms with Crippen LogP contribution in [0.3, 0.4) is 0 Å². The van der Waals surface area contributed by atoms with Crippen molar-refractivity contribution in [3.05, 3.63) is 200 Å². The number of hydrogen-bond acceptors (Lipinski definition) is 5. The van der Waals surface area contributed by atoms with E-state index in [-0.39, 0.29) is 0 Å². The monoisotopic (exact) mass is 835 g/mol. The molecule has 0 aliphatic carbocycles. The van der Waals surface area contributed by atoms with Crippen LogP contribution in [0.15, 0.2) is 205 Å². The number of para-hydroxylation sites is 4. The van der Waals surface area contributed by atoms with E-state index in [1.165, 1.54) is 36.5 Å². The number of rotatable bonds is 5. The fourth-order valence-electron chi connectivity index (χ4n) is 9.92. The number of fused-ring (bicyclic) bond motifs is 12. The molecule has 0 fully saturated rings. The summed E-state index contributed by atoms with van der Waals surface area (Å²) in [6.07, 6.45) is 0. The van der Waals surface area contributed by atoms with E-state index in [1.54, 1.807) is 11.3 Å². The van der Waals surface area contributed by atoms with Crippen LogP contribution in [-0.2, 0) is 0 Å². The number of aromatic nitrogens is 5. The minimum atomic E-state index is 0.557. The molecule has 0 saturated heterocycles. The van der Waals surface area contributed by atoms with Gasteiger partial charge in [0.1, 0.15) is 11.2 Å². The van der Waals surface area contributed by atoms with Crippen molar-refractivity contribution in [3.8, 4) is 45.5 Å². The first-order chi connectivity index (χ1) is 31.7. The summed E-state index contributed by atoms with van der Waals surface area (Å²) in [5, 5.41) is 9.19. The van der Waals surface area contributed by atoms with E-state index in [9.17, 15) is 0 Å². The number of furan rings is 1. The third kappa shape index (κ3) is 5.22. The first-order valence-corrected chi connectivity index (χ1v) is 22.2. The number of thiophene rings is 1. The van der Waals surface area contributed by atoms with Crippen LogP contribution in [0.25, 0.3) is 131 Å². The van der Waals surface area contributed by atoms with E-state index in [4.69, 9.17) is 19.4 Å². The Morgan fingerprint density at radius 1 is 0.359 bits per heavy atom. The Balaban J connectivity index is 0.993. The molecule has 0 unspecified atom stereocenters. The summed E-state index contributed by atoms with van der Waals surface area (Å²) in [7, 11) is 0. The van der Waals surface area contributed by atoms with Crippen molar-refractivity contribution in [1.82, 2.24) is 24.1 Å². The smallest absolute Gasteiger partial charge is 0.238 e. The van der Waals surface area contributed by atoms with Gasteiger partial charge in [-0.15, -0.1) is 11.3 Å². The summed E-state index contributed by atoms with van der Waals surface area (Å²) < 4.78 is 13.6. The highest BCUT2D eigenvalue weighted by Gasteiger charge is 2.22. The normalized spacial score (nSPS) is 12.1. The van der Waals surface area contributed by atoms with Crippen molar-refractivity contribution in [1.29, 1.82) is 0 Å². The molecule has 5 heterocycles. The SMILES string of the molecule is c1ccc(-n2c3ccccc3c3ccc(-c4ccc5oc6cccc(-c7nc(-c8ccc9c(c8)sc8ccccc89)nc(-n8c9ccccc9c9ccccc98)n7)c6c5c4)cc32)cc1. The van der Waals surface area contributed by atoms with Crippen LogP contribution >= 0.6 is 11.3 Å². The molecule has 0 amide bonds. The highest BCUT2D eigenvalue weighted by molar-refractivity contribution is 7.25. The average Bonchev–Trinajstić information content (AvgIpc) is 4.11. The molecule has 298 valence electrons. The van der Waals surface area contributed by atoms with Crippen LogP contribution in [0.5, 0.6) is 0 Å². The Morgan fingerprint density at radius 3 is 1.73 bits per heavy atom. The fourth-order valence-corrected chi connectivity index (χ4v) is 11.1. The van der Waals surface area contributed by atoms with E-state index in [2.05, 4.69) is 197 Å². The van der Waals surface area contributed by atoms with E-state index < -0.39 is 0 Å². The van der Waals surface area contributed by atoms with Crippen molar-refractivity contribution in [3.63, 3.8) is 0 Å². The maximum atomic E-state index is 6.62. The number of hydrogen-bond donors (Lipinski definition) is 0. The van der Waals surface area contributed by atoms with Gasteiger partial charge in [0.2, 0.25) is 5.95 Å². The summed E-state index contributed by atoms with van der Waals surface area (Å²) in [6.45, 7) is 0. The molecule has 64 heavy (non-hydrogen) atoms. The largest absolute Gasteiger partial charge is 0.456 e. The number of benzene rings is 9. The first-order valence-electron chi connectivity index (χ1n) is 21.4. The minimum absolute atomic E-state index is 0.557. The van der Waals surface area contributed by atoms with E-state index in [0.29, 0.717) is 17.6 Å². The Hall–Kier alpha value is -8.39. The fraction of sp³-hybridized carbons (Fsp3) is 0. The molecule has 0 spiro atoms. The van der Waals surface area contributed by atoms with Gasteiger partial charge in [-0.1, -0.05) is 133 Å². The van der Waals surface area contributed by atoms with Gasteiger partial charge in [-0.3, -0.25) is 4.57 Å². The van der Waals surface area contributed by atoms with E-state index in [0.717, 1.165) is 77.2 Å².